The highest BCUT2D eigenvalue weighted by molar-refractivity contribution is 5.76. The molecule has 5 heteroatoms. The van der Waals surface area contributed by atoms with Gasteiger partial charge in [0.1, 0.15) is 0 Å². The van der Waals surface area contributed by atoms with Crippen molar-refractivity contribution in [3.8, 4) is 0 Å². The van der Waals surface area contributed by atoms with Crippen LogP contribution in [0.5, 0.6) is 0 Å². The van der Waals surface area contributed by atoms with E-state index in [1.807, 2.05) is 12.4 Å². The lowest BCUT2D eigenvalue weighted by Gasteiger charge is -2.58. The number of hydrogen-bond donors (Lipinski definition) is 1. The second kappa shape index (κ2) is 10.5. The van der Waals surface area contributed by atoms with Gasteiger partial charge in [0.05, 0.1) is 18.0 Å². The molecule has 1 N–H and O–H groups in total. The number of aliphatic hydroxyl groups is 1. The lowest BCUT2D eigenvalue weighted by atomic mass is 9.47. The molecule has 5 nitrogen and oxygen atoms in total. The average molecular weight is 534 g/mol. The van der Waals surface area contributed by atoms with E-state index in [1.54, 1.807) is 5.57 Å². The fourth-order valence-corrected chi connectivity index (χ4v) is 10.3. The van der Waals surface area contributed by atoms with Gasteiger partial charge in [-0.2, -0.15) is 0 Å². The zero-order valence-electron chi connectivity index (χ0n) is 24.9. The Morgan fingerprint density at radius 2 is 1.87 bits per heavy atom. The third-order valence-corrected chi connectivity index (χ3v) is 12.5. The predicted molar refractivity (Wildman–Crippen MR) is 157 cm³/mol. The molecule has 0 aromatic carbocycles. The summed E-state index contributed by atoms with van der Waals surface area (Å²) in [6.45, 7) is 13.1. The number of fused-ring (bicyclic) bond motifs is 5. The molecule has 0 radical (unpaired) electrons. The summed E-state index contributed by atoms with van der Waals surface area (Å²) in [7, 11) is 0. The standard InChI is InChI=1S/C34H51N3O2/c1-23-19-26(22-35-21-23)36-15-17-37(18-16-36)32(39)10-5-24(2)29-8-9-30-28-7-6-25-20-27(38)11-13-33(25,3)31(28)12-14-34(29,30)4/h6,19,21-22,24,27-31,38H,5,7-18,20H2,1-4H3/t24-,27+,28+,29-,30+,31+,33+,34-/m1/s1. The zero-order valence-corrected chi connectivity index (χ0v) is 24.9. The number of amides is 1. The predicted octanol–water partition coefficient (Wildman–Crippen LogP) is 6.39. The SMILES string of the molecule is Cc1cncc(N2CCN(C(=O)CC[C@@H](C)[C@H]3CC[C@H]4[C@@H]5CC=C6C[C@@H](O)CC[C@]6(C)[C@H]5CC[C@]34C)CC2)c1. The molecule has 1 aromatic heterocycles. The third kappa shape index (κ3) is 4.85. The topological polar surface area (TPSA) is 56.7 Å². The second-order valence-corrected chi connectivity index (χ2v) is 14.5. The van der Waals surface area contributed by atoms with Crippen LogP contribution in [-0.2, 0) is 4.79 Å². The molecule has 6 rings (SSSR count). The fraction of sp³-hybridized carbons (Fsp3) is 0.765. The molecule has 2 heterocycles. The highest BCUT2D eigenvalue weighted by Gasteiger charge is 2.59. The third-order valence-electron chi connectivity index (χ3n) is 12.5. The number of hydrogen-bond acceptors (Lipinski definition) is 4. The lowest BCUT2D eigenvalue weighted by Crippen LogP contribution is -2.51. The Balaban J connectivity index is 1.04. The molecule has 0 bridgehead atoms. The van der Waals surface area contributed by atoms with E-state index in [0.717, 1.165) is 69.1 Å². The summed E-state index contributed by atoms with van der Waals surface area (Å²) in [5, 5.41) is 10.3. The number of aryl methyl sites for hydroxylation is 1. The Morgan fingerprint density at radius 1 is 1.08 bits per heavy atom. The molecule has 1 amide bonds. The van der Waals surface area contributed by atoms with E-state index in [1.165, 1.54) is 49.8 Å². The molecular formula is C34H51N3O2. The average Bonchev–Trinajstić information content (AvgIpc) is 3.29. The van der Waals surface area contributed by atoms with Crippen molar-refractivity contribution in [2.45, 2.75) is 98.0 Å². The van der Waals surface area contributed by atoms with Crippen LogP contribution in [-0.4, -0.2) is 53.2 Å². The number of aliphatic hydroxyl groups excluding tert-OH is 1. The summed E-state index contributed by atoms with van der Waals surface area (Å²) >= 11 is 0. The van der Waals surface area contributed by atoms with Gasteiger partial charge in [-0.05, 0) is 117 Å². The summed E-state index contributed by atoms with van der Waals surface area (Å²) in [4.78, 5) is 22.0. The number of carbonyl (C=O) groups excluding carboxylic acids is 1. The van der Waals surface area contributed by atoms with Crippen LogP contribution in [0.25, 0.3) is 0 Å². The van der Waals surface area contributed by atoms with Crippen molar-refractivity contribution in [3.05, 3.63) is 35.7 Å². The maximum atomic E-state index is 13.2. The molecule has 39 heavy (non-hydrogen) atoms. The minimum absolute atomic E-state index is 0.122. The Kier molecular flexibility index (Phi) is 7.35. The van der Waals surface area contributed by atoms with Crippen molar-refractivity contribution in [3.63, 3.8) is 0 Å². The smallest absolute Gasteiger partial charge is 0.222 e. The molecule has 5 aliphatic rings. The largest absolute Gasteiger partial charge is 0.393 e. The van der Waals surface area contributed by atoms with E-state index in [0.29, 0.717) is 29.1 Å². The Morgan fingerprint density at radius 3 is 2.64 bits per heavy atom. The van der Waals surface area contributed by atoms with Crippen molar-refractivity contribution < 1.29 is 9.90 Å². The minimum Gasteiger partial charge on any atom is -0.393 e. The van der Waals surface area contributed by atoms with Crippen LogP contribution < -0.4 is 4.90 Å². The van der Waals surface area contributed by atoms with Gasteiger partial charge in [-0.15, -0.1) is 0 Å². The molecule has 0 spiro atoms. The first kappa shape index (κ1) is 27.3. The van der Waals surface area contributed by atoms with Crippen LogP contribution in [0, 0.1) is 47.3 Å². The van der Waals surface area contributed by atoms with Gasteiger partial charge >= 0.3 is 0 Å². The first-order chi connectivity index (χ1) is 18.7. The monoisotopic (exact) mass is 533 g/mol. The zero-order chi connectivity index (χ0) is 27.4. The van der Waals surface area contributed by atoms with E-state index in [4.69, 9.17) is 0 Å². The number of aromatic nitrogens is 1. The molecule has 1 aromatic rings. The number of anilines is 1. The van der Waals surface area contributed by atoms with Gasteiger partial charge in [-0.3, -0.25) is 9.78 Å². The number of carbonyl (C=O) groups is 1. The minimum atomic E-state index is -0.122. The Hall–Kier alpha value is -1.88. The maximum absolute atomic E-state index is 13.2. The van der Waals surface area contributed by atoms with Crippen LogP contribution in [0.2, 0.25) is 0 Å². The van der Waals surface area contributed by atoms with Crippen molar-refractivity contribution in [1.29, 1.82) is 0 Å². The quantitative estimate of drug-likeness (QED) is 0.445. The summed E-state index contributed by atoms with van der Waals surface area (Å²) in [5.41, 5.74) is 4.68. The molecular weight excluding hydrogens is 482 g/mol. The highest BCUT2D eigenvalue weighted by atomic mass is 16.3. The van der Waals surface area contributed by atoms with Crippen molar-refractivity contribution in [2.75, 3.05) is 31.1 Å². The first-order valence-electron chi connectivity index (χ1n) is 16.0. The van der Waals surface area contributed by atoms with Gasteiger partial charge in [0, 0.05) is 38.8 Å². The van der Waals surface area contributed by atoms with Gasteiger partial charge in [0.25, 0.3) is 0 Å². The summed E-state index contributed by atoms with van der Waals surface area (Å²) in [6, 6.07) is 2.19. The summed E-state index contributed by atoms with van der Waals surface area (Å²) < 4.78 is 0. The van der Waals surface area contributed by atoms with Gasteiger partial charge in [-0.25, -0.2) is 0 Å². The summed E-state index contributed by atoms with van der Waals surface area (Å²) in [5.74, 6) is 4.14. The fourth-order valence-electron chi connectivity index (χ4n) is 10.3. The van der Waals surface area contributed by atoms with Crippen LogP contribution in [0.1, 0.15) is 90.5 Å². The van der Waals surface area contributed by atoms with Crippen LogP contribution in [0.3, 0.4) is 0 Å². The number of allylic oxidation sites excluding steroid dienone is 1. The molecule has 214 valence electrons. The molecule has 1 saturated heterocycles. The lowest BCUT2D eigenvalue weighted by molar-refractivity contribution is -0.132. The van der Waals surface area contributed by atoms with Gasteiger partial charge < -0.3 is 14.9 Å². The van der Waals surface area contributed by atoms with Gasteiger partial charge in [0.15, 0.2) is 0 Å². The molecule has 4 aliphatic carbocycles. The van der Waals surface area contributed by atoms with Crippen molar-refractivity contribution in [2.24, 2.45) is 40.4 Å². The van der Waals surface area contributed by atoms with E-state index >= 15 is 0 Å². The molecule has 0 unspecified atom stereocenters. The molecule has 1 aliphatic heterocycles. The first-order valence-corrected chi connectivity index (χ1v) is 16.0. The number of rotatable bonds is 5. The van der Waals surface area contributed by atoms with Crippen molar-refractivity contribution >= 4 is 11.6 Å². The number of pyridine rings is 1. The molecule has 4 fully saturated rings. The van der Waals surface area contributed by atoms with Crippen LogP contribution >= 0.6 is 0 Å². The Labute approximate surface area is 236 Å². The maximum Gasteiger partial charge on any atom is 0.222 e. The number of nitrogens with zero attached hydrogens (tertiary/aromatic N) is 3. The van der Waals surface area contributed by atoms with E-state index < -0.39 is 0 Å². The van der Waals surface area contributed by atoms with E-state index in [9.17, 15) is 9.90 Å². The van der Waals surface area contributed by atoms with Gasteiger partial charge in [0.2, 0.25) is 5.91 Å². The second-order valence-electron chi connectivity index (χ2n) is 14.5. The van der Waals surface area contributed by atoms with Gasteiger partial charge in [-0.1, -0.05) is 32.4 Å². The van der Waals surface area contributed by atoms with E-state index in [2.05, 4.69) is 54.6 Å². The van der Waals surface area contributed by atoms with Crippen LogP contribution in [0.4, 0.5) is 5.69 Å². The van der Waals surface area contributed by atoms with E-state index in [-0.39, 0.29) is 6.10 Å². The summed E-state index contributed by atoms with van der Waals surface area (Å²) in [6.07, 6.45) is 17.7. The normalized spacial score (nSPS) is 38.9. The Bertz CT molecular complexity index is 1090. The molecule has 8 atom stereocenters. The van der Waals surface area contributed by atoms with Crippen molar-refractivity contribution in [1.82, 2.24) is 9.88 Å². The highest BCUT2D eigenvalue weighted by Crippen LogP contribution is 2.67. The van der Waals surface area contributed by atoms with Crippen LogP contribution in [0.15, 0.2) is 30.1 Å². The molecule has 3 saturated carbocycles. The number of piperazine rings is 1.